The minimum absolute atomic E-state index is 0.0557. The van der Waals surface area contributed by atoms with Crippen LogP contribution in [0.4, 0.5) is 5.69 Å². The lowest BCUT2D eigenvalue weighted by Gasteiger charge is -2.08. The van der Waals surface area contributed by atoms with Gasteiger partial charge in [0, 0.05) is 28.1 Å². The van der Waals surface area contributed by atoms with E-state index in [0.29, 0.717) is 33.4 Å². The quantitative estimate of drug-likeness (QED) is 0.564. The third kappa shape index (κ3) is 2.68. The molecule has 2 atom stereocenters. The van der Waals surface area contributed by atoms with Crippen molar-refractivity contribution in [2.24, 2.45) is 11.0 Å². The molecule has 7 heteroatoms. The van der Waals surface area contributed by atoms with Gasteiger partial charge < -0.3 is 15.4 Å². The van der Waals surface area contributed by atoms with E-state index in [2.05, 4.69) is 20.8 Å². The Morgan fingerprint density at radius 3 is 2.86 bits per heavy atom. The molecule has 0 radical (unpaired) electrons. The molecule has 3 aromatic rings. The first-order valence-electron chi connectivity index (χ1n) is 9.14. The van der Waals surface area contributed by atoms with E-state index in [4.69, 9.17) is 0 Å². The van der Waals surface area contributed by atoms with Crippen LogP contribution < -0.4 is 10.7 Å². The number of amides is 2. The smallest absolute Gasteiger partial charge is 0.272 e. The first-order chi connectivity index (χ1) is 13.7. The van der Waals surface area contributed by atoms with Crippen LogP contribution in [0.25, 0.3) is 10.9 Å². The molecule has 7 nitrogen and oxygen atoms in total. The van der Waals surface area contributed by atoms with E-state index in [0.717, 1.165) is 6.42 Å². The number of hydrazone groups is 1. The van der Waals surface area contributed by atoms with E-state index in [9.17, 15) is 14.7 Å². The fraction of sp³-hybridized carbons (Fsp3) is 0.190. The van der Waals surface area contributed by atoms with Crippen molar-refractivity contribution >= 4 is 34.6 Å². The molecule has 5 rings (SSSR count). The third-order valence-electron chi connectivity index (χ3n) is 5.40. The normalized spacial score (nSPS) is 20.0. The SMILES string of the molecule is O=C1NN=Cc2c(CO)[nH]c3cc(NC(=O)[C@@H]4C[C@H]4c4ccccc4)cc1c23. The van der Waals surface area contributed by atoms with E-state index in [1.807, 2.05) is 30.3 Å². The second-order valence-electron chi connectivity index (χ2n) is 7.17. The molecule has 28 heavy (non-hydrogen) atoms. The molecule has 140 valence electrons. The lowest BCUT2D eigenvalue weighted by molar-refractivity contribution is -0.117. The minimum Gasteiger partial charge on any atom is -0.390 e. The first kappa shape index (κ1) is 16.7. The Labute approximate surface area is 160 Å². The molecule has 1 aliphatic heterocycles. The molecule has 0 unspecified atom stereocenters. The lowest BCUT2D eigenvalue weighted by Crippen LogP contribution is -2.18. The van der Waals surface area contributed by atoms with Crippen LogP contribution in [0, 0.1) is 5.92 Å². The zero-order chi connectivity index (χ0) is 19.3. The van der Waals surface area contributed by atoms with Crippen LogP contribution in [0.1, 0.15) is 39.5 Å². The lowest BCUT2D eigenvalue weighted by atomic mass is 10.0. The highest BCUT2D eigenvalue weighted by atomic mass is 16.3. The van der Waals surface area contributed by atoms with Crippen LogP contribution >= 0.6 is 0 Å². The number of aliphatic hydroxyl groups excluding tert-OH is 1. The zero-order valence-electron chi connectivity index (χ0n) is 14.9. The summed E-state index contributed by atoms with van der Waals surface area (Å²) in [5.41, 5.74) is 6.50. The number of anilines is 1. The van der Waals surface area contributed by atoms with Crippen LogP contribution in [-0.4, -0.2) is 28.1 Å². The number of hydrogen-bond acceptors (Lipinski definition) is 4. The summed E-state index contributed by atoms with van der Waals surface area (Å²) in [6.45, 7) is -0.202. The number of aliphatic hydroxyl groups is 1. The first-order valence-corrected chi connectivity index (χ1v) is 9.14. The van der Waals surface area contributed by atoms with Crippen LogP contribution in [0.15, 0.2) is 47.6 Å². The summed E-state index contributed by atoms with van der Waals surface area (Å²) in [6, 6.07) is 13.4. The minimum atomic E-state index is -0.354. The van der Waals surface area contributed by atoms with Crippen LogP contribution in [0.2, 0.25) is 0 Å². The van der Waals surface area contributed by atoms with Gasteiger partial charge in [0.2, 0.25) is 5.91 Å². The highest BCUT2D eigenvalue weighted by Crippen LogP contribution is 2.48. The Hall–Kier alpha value is -3.45. The predicted octanol–water partition coefficient (Wildman–Crippen LogP) is 2.48. The number of rotatable bonds is 4. The second-order valence-corrected chi connectivity index (χ2v) is 7.17. The number of carbonyl (C=O) groups is 2. The van der Waals surface area contributed by atoms with Crippen molar-refractivity contribution in [2.45, 2.75) is 18.9 Å². The van der Waals surface area contributed by atoms with Gasteiger partial charge in [0.15, 0.2) is 0 Å². The van der Waals surface area contributed by atoms with Gasteiger partial charge in [0.05, 0.1) is 24.1 Å². The van der Waals surface area contributed by atoms with Gasteiger partial charge >= 0.3 is 0 Å². The number of aromatic amines is 1. The Morgan fingerprint density at radius 2 is 2.07 bits per heavy atom. The van der Waals surface area contributed by atoms with E-state index in [-0.39, 0.29) is 30.3 Å². The van der Waals surface area contributed by atoms with E-state index in [1.165, 1.54) is 11.8 Å². The number of carbonyl (C=O) groups excluding carboxylic acids is 2. The molecule has 2 aliphatic rings. The maximum Gasteiger partial charge on any atom is 0.272 e. The number of hydrogen-bond donors (Lipinski definition) is 4. The van der Waals surface area contributed by atoms with Crippen molar-refractivity contribution in [3.8, 4) is 0 Å². The van der Waals surface area contributed by atoms with Crippen LogP contribution in [0.5, 0.6) is 0 Å². The average molecular weight is 374 g/mol. The maximum atomic E-state index is 12.7. The Morgan fingerprint density at radius 1 is 1.25 bits per heavy atom. The summed E-state index contributed by atoms with van der Waals surface area (Å²) < 4.78 is 0. The number of nitrogens with zero attached hydrogens (tertiary/aromatic N) is 1. The van der Waals surface area contributed by atoms with Crippen molar-refractivity contribution in [3.05, 3.63) is 64.8 Å². The molecule has 0 bridgehead atoms. The molecule has 1 aliphatic carbocycles. The number of aromatic nitrogens is 1. The fourth-order valence-electron chi connectivity index (χ4n) is 3.93. The van der Waals surface area contributed by atoms with Gasteiger partial charge in [-0.15, -0.1) is 0 Å². The molecule has 1 saturated carbocycles. The van der Waals surface area contributed by atoms with Gasteiger partial charge in [-0.3, -0.25) is 9.59 Å². The highest BCUT2D eigenvalue weighted by Gasteiger charge is 2.43. The molecule has 0 saturated heterocycles. The molecule has 4 N–H and O–H groups in total. The zero-order valence-corrected chi connectivity index (χ0v) is 14.9. The molecule has 2 aromatic carbocycles. The number of H-pyrrole nitrogens is 1. The van der Waals surface area contributed by atoms with Gasteiger partial charge in [-0.25, -0.2) is 5.43 Å². The summed E-state index contributed by atoms with van der Waals surface area (Å²) in [6.07, 6.45) is 2.34. The van der Waals surface area contributed by atoms with Crippen LogP contribution in [-0.2, 0) is 11.4 Å². The van der Waals surface area contributed by atoms with Crippen molar-refractivity contribution in [3.63, 3.8) is 0 Å². The Kier molecular flexibility index (Phi) is 3.77. The van der Waals surface area contributed by atoms with Gasteiger partial charge in [-0.1, -0.05) is 30.3 Å². The Balaban J connectivity index is 1.45. The van der Waals surface area contributed by atoms with Gasteiger partial charge in [-0.2, -0.15) is 5.10 Å². The molecular weight excluding hydrogens is 356 g/mol. The van der Waals surface area contributed by atoms with Crippen LogP contribution in [0.3, 0.4) is 0 Å². The highest BCUT2D eigenvalue weighted by molar-refractivity contribution is 6.16. The summed E-state index contributed by atoms with van der Waals surface area (Å²) in [5.74, 6) is -0.240. The predicted molar refractivity (Wildman–Crippen MR) is 105 cm³/mol. The molecule has 2 heterocycles. The van der Waals surface area contributed by atoms with E-state index >= 15 is 0 Å². The van der Waals surface area contributed by atoms with Gasteiger partial charge in [0.25, 0.3) is 5.91 Å². The summed E-state index contributed by atoms with van der Waals surface area (Å²) in [7, 11) is 0. The largest absolute Gasteiger partial charge is 0.390 e. The van der Waals surface area contributed by atoms with E-state index < -0.39 is 0 Å². The van der Waals surface area contributed by atoms with Gasteiger partial charge in [0.1, 0.15) is 0 Å². The molecule has 2 amide bonds. The molecule has 0 spiro atoms. The third-order valence-corrected chi connectivity index (χ3v) is 5.40. The Bertz CT molecular complexity index is 1130. The summed E-state index contributed by atoms with van der Waals surface area (Å²) >= 11 is 0. The average Bonchev–Trinajstić information content (AvgIpc) is 3.46. The van der Waals surface area contributed by atoms with Gasteiger partial charge in [-0.05, 0) is 30.0 Å². The van der Waals surface area contributed by atoms with Crippen molar-refractivity contribution in [1.29, 1.82) is 0 Å². The summed E-state index contributed by atoms with van der Waals surface area (Å²) in [4.78, 5) is 28.2. The van der Waals surface area contributed by atoms with Crippen molar-refractivity contribution in [2.75, 3.05) is 5.32 Å². The maximum absolute atomic E-state index is 12.7. The monoisotopic (exact) mass is 374 g/mol. The fourth-order valence-corrected chi connectivity index (χ4v) is 3.93. The standard InChI is InChI=1S/C21H18N4O3/c26-10-18-16-9-22-25-21(28)15-6-12(7-17(24-18)19(15)16)23-20(27)14-8-13(14)11-4-2-1-3-5-11/h1-7,9,13-14,24,26H,8,10H2,(H,23,27)(H,25,28)/t13-,14+/m0/s1. The summed E-state index contributed by atoms with van der Waals surface area (Å²) in [5, 5.41) is 17.1. The molecular formula is C21H18N4O3. The molecule has 1 fully saturated rings. The topological polar surface area (TPSA) is 107 Å². The number of nitrogens with one attached hydrogen (secondary N) is 3. The van der Waals surface area contributed by atoms with E-state index in [1.54, 1.807) is 12.1 Å². The second kappa shape index (κ2) is 6.31. The van der Waals surface area contributed by atoms with Crippen molar-refractivity contribution < 1.29 is 14.7 Å². The number of benzene rings is 2. The van der Waals surface area contributed by atoms with Crippen molar-refractivity contribution in [1.82, 2.24) is 10.4 Å². The molecule has 1 aromatic heterocycles.